The van der Waals surface area contributed by atoms with E-state index in [1.807, 2.05) is 37.3 Å². The number of carbonyl (C=O) groups is 1. The molecule has 3 heteroatoms. The summed E-state index contributed by atoms with van der Waals surface area (Å²) in [4.78, 5) is 11.5. The Hall–Kier alpha value is -1.35. The molecule has 0 aliphatic rings. The molecule has 0 fully saturated rings. The van der Waals surface area contributed by atoms with Crippen molar-refractivity contribution in [3.05, 3.63) is 35.9 Å². The number of rotatable bonds is 6. The van der Waals surface area contributed by atoms with Gasteiger partial charge in [0.1, 0.15) is 5.41 Å². The second-order valence-electron chi connectivity index (χ2n) is 4.06. The van der Waals surface area contributed by atoms with E-state index in [4.69, 9.17) is 5.73 Å². The molecular formula is C13H19NO2. The van der Waals surface area contributed by atoms with Crippen molar-refractivity contribution < 1.29 is 9.90 Å². The highest BCUT2D eigenvalue weighted by molar-refractivity contribution is 5.81. The Kier molecular flexibility index (Phi) is 4.50. The summed E-state index contributed by atoms with van der Waals surface area (Å²) in [5, 5.41) is 9.42. The number of nitrogens with two attached hydrogens (primary N) is 1. The van der Waals surface area contributed by atoms with E-state index < -0.39 is 11.4 Å². The molecule has 3 N–H and O–H groups in total. The van der Waals surface area contributed by atoms with Gasteiger partial charge in [0, 0.05) is 6.54 Å². The first-order valence-corrected chi connectivity index (χ1v) is 5.66. The Bertz CT molecular complexity index is 337. The maximum Gasteiger partial charge on any atom is 0.315 e. The molecule has 0 saturated carbocycles. The molecule has 1 aromatic rings. The highest BCUT2D eigenvalue weighted by atomic mass is 16.4. The van der Waals surface area contributed by atoms with Crippen LogP contribution in [0.25, 0.3) is 0 Å². The first kappa shape index (κ1) is 12.7. The third-order valence-electron chi connectivity index (χ3n) is 3.04. The zero-order valence-corrected chi connectivity index (χ0v) is 9.65. The summed E-state index contributed by atoms with van der Waals surface area (Å²) < 4.78 is 0. The van der Waals surface area contributed by atoms with Gasteiger partial charge in [0.25, 0.3) is 0 Å². The van der Waals surface area contributed by atoms with Crippen molar-refractivity contribution in [2.75, 3.05) is 6.54 Å². The molecule has 0 aromatic heterocycles. The average molecular weight is 221 g/mol. The molecule has 1 aromatic carbocycles. The first-order chi connectivity index (χ1) is 7.67. The molecule has 0 aliphatic carbocycles. The van der Waals surface area contributed by atoms with Crippen molar-refractivity contribution in [3.8, 4) is 0 Å². The average Bonchev–Trinajstić information content (AvgIpc) is 2.31. The number of hydrogen-bond acceptors (Lipinski definition) is 2. The molecule has 3 nitrogen and oxygen atoms in total. The molecule has 0 saturated heterocycles. The monoisotopic (exact) mass is 221 g/mol. The molecule has 0 aliphatic heterocycles. The number of unbranched alkanes of at least 4 members (excludes halogenated alkanes) is 1. The van der Waals surface area contributed by atoms with Gasteiger partial charge in [0.2, 0.25) is 0 Å². The molecule has 0 amide bonds. The normalized spacial score (nSPS) is 14.4. The zero-order valence-electron chi connectivity index (χ0n) is 9.65. The minimum absolute atomic E-state index is 0.145. The number of aliphatic carboxylic acids is 1. The van der Waals surface area contributed by atoms with Crippen molar-refractivity contribution in [2.45, 2.75) is 31.6 Å². The fraction of sp³-hybridized carbons (Fsp3) is 0.462. The van der Waals surface area contributed by atoms with Crippen molar-refractivity contribution in [1.82, 2.24) is 0 Å². The van der Waals surface area contributed by atoms with Gasteiger partial charge in [-0.05, 0) is 12.0 Å². The van der Waals surface area contributed by atoms with E-state index in [9.17, 15) is 9.90 Å². The maximum atomic E-state index is 11.5. The number of benzene rings is 1. The fourth-order valence-electron chi connectivity index (χ4n) is 1.92. The topological polar surface area (TPSA) is 63.3 Å². The molecule has 1 atom stereocenters. The molecular weight excluding hydrogens is 202 g/mol. The first-order valence-electron chi connectivity index (χ1n) is 5.66. The van der Waals surface area contributed by atoms with Gasteiger partial charge >= 0.3 is 5.97 Å². The van der Waals surface area contributed by atoms with Crippen LogP contribution in [-0.4, -0.2) is 17.6 Å². The smallest absolute Gasteiger partial charge is 0.315 e. The second-order valence-corrected chi connectivity index (χ2v) is 4.06. The highest BCUT2D eigenvalue weighted by Crippen LogP contribution is 2.29. The van der Waals surface area contributed by atoms with Gasteiger partial charge in [0.15, 0.2) is 0 Å². The van der Waals surface area contributed by atoms with Gasteiger partial charge in [-0.25, -0.2) is 0 Å². The predicted molar refractivity (Wildman–Crippen MR) is 64.3 cm³/mol. The largest absolute Gasteiger partial charge is 0.481 e. The van der Waals surface area contributed by atoms with Gasteiger partial charge < -0.3 is 10.8 Å². The summed E-state index contributed by atoms with van der Waals surface area (Å²) in [6, 6.07) is 9.28. The number of hydrogen-bond donors (Lipinski definition) is 2. The lowest BCUT2D eigenvalue weighted by Gasteiger charge is -2.28. The van der Waals surface area contributed by atoms with Crippen LogP contribution >= 0.6 is 0 Å². The minimum Gasteiger partial charge on any atom is -0.481 e. The van der Waals surface area contributed by atoms with Gasteiger partial charge in [-0.1, -0.05) is 50.1 Å². The quantitative estimate of drug-likeness (QED) is 0.773. The predicted octanol–water partition coefficient (Wildman–Crippen LogP) is 2.16. The molecule has 0 bridgehead atoms. The molecule has 0 radical (unpaired) electrons. The van der Waals surface area contributed by atoms with E-state index in [0.717, 1.165) is 18.4 Å². The van der Waals surface area contributed by atoms with E-state index in [1.165, 1.54) is 0 Å². The SMILES string of the molecule is CCCCC(CN)(C(=O)O)c1ccccc1. The van der Waals surface area contributed by atoms with Crippen LogP contribution in [0.2, 0.25) is 0 Å². The molecule has 0 spiro atoms. The van der Waals surface area contributed by atoms with E-state index in [-0.39, 0.29) is 6.54 Å². The Morgan fingerprint density at radius 1 is 1.38 bits per heavy atom. The van der Waals surface area contributed by atoms with Crippen molar-refractivity contribution >= 4 is 5.97 Å². The summed E-state index contributed by atoms with van der Waals surface area (Å²) >= 11 is 0. The van der Waals surface area contributed by atoms with Crippen molar-refractivity contribution in [3.63, 3.8) is 0 Å². The molecule has 1 rings (SSSR count). The number of carboxylic acids is 1. The van der Waals surface area contributed by atoms with Gasteiger partial charge in [-0.15, -0.1) is 0 Å². The second kappa shape index (κ2) is 5.66. The lowest BCUT2D eigenvalue weighted by molar-refractivity contribution is -0.143. The Balaban J connectivity index is 3.07. The third kappa shape index (κ3) is 2.42. The molecule has 88 valence electrons. The van der Waals surface area contributed by atoms with Gasteiger partial charge in [-0.2, -0.15) is 0 Å². The van der Waals surface area contributed by atoms with Crippen LogP contribution in [-0.2, 0) is 10.2 Å². The van der Waals surface area contributed by atoms with Gasteiger partial charge in [0.05, 0.1) is 0 Å². The van der Waals surface area contributed by atoms with Crippen molar-refractivity contribution in [2.24, 2.45) is 5.73 Å². The van der Waals surface area contributed by atoms with E-state index >= 15 is 0 Å². The van der Waals surface area contributed by atoms with Crippen LogP contribution in [0.5, 0.6) is 0 Å². The van der Waals surface area contributed by atoms with Crippen LogP contribution in [0.1, 0.15) is 31.7 Å². The van der Waals surface area contributed by atoms with Crippen LogP contribution in [0, 0.1) is 0 Å². The molecule has 16 heavy (non-hydrogen) atoms. The van der Waals surface area contributed by atoms with Crippen LogP contribution in [0.15, 0.2) is 30.3 Å². The van der Waals surface area contributed by atoms with E-state index in [2.05, 4.69) is 0 Å². The van der Waals surface area contributed by atoms with Crippen LogP contribution < -0.4 is 5.73 Å². The Labute approximate surface area is 96.3 Å². The molecule has 1 unspecified atom stereocenters. The minimum atomic E-state index is -0.919. The van der Waals surface area contributed by atoms with Crippen LogP contribution in [0.3, 0.4) is 0 Å². The van der Waals surface area contributed by atoms with Crippen LogP contribution in [0.4, 0.5) is 0 Å². The summed E-state index contributed by atoms with van der Waals surface area (Å²) in [5.41, 5.74) is 5.59. The van der Waals surface area contributed by atoms with E-state index in [1.54, 1.807) is 0 Å². The van der Waals surface area contributed by atoms with Gasteiger partial charge in [-0.3, -0.25) is 4.79 Å². The summed E-state index contributed by atoms with van der Waals surface area (Å²) in [6.45, 7) is 2.19. The van der Waals surface area contributed by atoms with E-state index in [0.29, 0.717) is 6.42 Å². The highest BCUT2D eigenvalue weighted by Gasteiger charge is 2.38. The lowest BCUT2D eigenvalue weighted by atomic mass is 9.76. The van der Waals surface area contributed by atoms with Crippen molar-refractivity contribution in [1.29, 1.82) is 0 Å². The third-order valence-corrected chi connectivity index (χ3v) is 3.04. The maximum absolute atomic E-state index is 11.5. The summed E-state index contributed by atoms with van der Waals surface area (Å²) in [6.07, 6.45) is 2.44. The summed E-state index contributed by atoms with van der Waals surface area (Å²) in [5.74, 6) is -0.824. The molecule has 0 heterocycles. The zero-order chi connectivity index (χ0) is 12.0. The Morgan fingerprint density at radius 3 is 2.44 bits per heavy atom. The number of carboxylic acid groups (broad SMARTS) is 1. The summed E-state index contributed by atoms with van der Waals surface area (Å²) in [7, 11) is 0. The fourth-order valence-corrected chi connectivity index (χ4v) is 1.92. The lowest BCUT2D eigenvalue weighted by Crippen LogP contribution is -2.43. The Morgan fingerprint density at radius 2 is 2.00 bits per heavy atom. The standard InChI is InChI=1S/C13H19NO2/c1-2-3-9-13(10-14,12(15)16)11-7-5-4-6-8-11/h4-8H,2-3,9-10,14H2,1H3,(H,15,16).